The molecule has 11 heteroatoms. The van der Waals surface area contributed by atoms with Crippen molar-refractivity contribution in [2.45, 2.75) is 61.8 Å². The summed E-state index contributed by atoms with van der Waals surface area (Å²) in [5.74, 6) is -1.61. The number of nitrogen functional groups attached to an aromatic ring is 1. The van der Waals surface area contributed by atoms with Crippen LogP contribution in [-0.2, 0) is 26.9 Å². The Balaban J connectivity index is 0.000000365. The van der Waals surface area contributed by atoms with Crippen LogP contribution in [0.3, 0.4) is 0 Å². The number of nitrogens with two attached hydrogens (primary N) is 1. The normalized spacial score (nSPS) is 12.1. The Kier molecular flexibility index (Phi) is 13.4. The average Bonchev–Trinajstić information content (AvgIpc) is 3.66. The van der Waals surface area contributed by atoms with Gasteiger partial charge < -0.3 is 25.3 Å². The number of nitrogens with one attached hydrogen (secondary N) is 1. The van der Waals surface area contributed by atoms with Crippen molar-refractivity contribution < 1.29 is 33.1 Å². The van der Waals surface area contributed by atoms with Gasteiger partial charge in [-0.05, 0) is 85.3 Å². The molecule has 0 atom stereocenters. The topological polar surface area (TPSA) is 136 Å². The zero-order valence-electron chi connectivity index (χ0n) is 24.3. The second-order valence-corrected chi connectivity index (χ2v) is 10.5. The highest BCUT2D eigenvalue weighted by Gasteiger charge is 2.29. The monoisotopic (exact) mass is 638 g/mol. The summed E-state index contributed by atoms with van der Waals surface area (Å²) in [7, 11) is 3.39. The summed E-state index contributed by atoms with van der Waals surface area (Å²) in [6, 6.07) is 8.95. The molecule has 9 nitrogen and oxygen atoms in total. The molecule has 1 amide bonds. The molecular formula is C35H44F2N4O5. The summed E-state index contributed by atoms with van der Waals surface area (Å²) < 4.78 is 28.9. The maximum absolute atomic E-state index is 13.2. The number of aryl methyl sites for hydroxylation is 4. The number of amides is 1. The number of carboxylic acid groups (broad SMARTS) is 1. The minimum Gasteiger partial charge on any atom is -0.477 e. The van der Waals surface area contributed by atoms with Crippen molar-refractivity contribution in [2.24, 2.45) is 14.1 Å². The summed E-state index contributed by atoms with van der Waals surface area (Å²) in [6.45, 7) is 3.33. The molecular weight excluding hydrogens is 594 g/mol. The smallest absolute Gasteiger partial charge is 0.352 e. The molecule has 248 valence electrons. The number of ketones is 2. The SMILES string of the molecule is C.C.C.Cc1cc(N)ccc1F.Cc1cc(NC(=O)c2c3c(cn2C)C(=O)CC3)ccc1F.Cn1cc2c(c1C(=O)O)CCC2=O. The number of aromatic carboxylic acids is 1. The molecule has 2 heterocycles. The van der Waals surface area contributed by atoms with Gasteiger partial charge in [-0.3, -0.25) is 14.4 Å². The maximum atomic E-state index is 13.2. The van der Waals surface area contributed by atoms with E-state index in [1.807, 2.05) is 0 Å². The van der Waals surface area contributed by atoms with Gasteiger partial charge in [0.2, 0.25) is 0 Å². The molecule has 6 rings (SSSR count). The van der Waals surface area contributed by atoms with Crippen LogP contribution in [0.25, 0.3) is 0 Å². The summed E-state index contributed by atoms with van der Waals surface area (Å²) in [6.07, 6.45) is 5.38. The molecule has 0 fully saturated rings. The number of fused-ring (bicyclic) bond motifs is 2. The number of carbonyl (C=O) groups is 4. The molecule has 2 aliphatic rings. The van der Waals surface area contributed by atoms with Crippen LogP contribution in [0.15, 0.2) is 48.8 Å². The van der Waals surface area contributed by atoms with Gasteiger partial charge in [-0.15, -0.1) is 0 Å². The molecule has 2 aromatic heterocycles. The lowest BCUT2D eigenvalue weighted by Gasteiger charge is -2.09. The number of aromatic nitrogens is 2. The van der Waals surface area contributed by atoms with Crippen molar-refractivity contribution in [3.05, 3.63) is 105 Å². The van der Waals surface area contributed by atoms with Crippen LogP contribution in [0.5, 0.6) is 0 Å². The Labute approximate surface area is 269 Å². The second kappa shape index (κ2) is 15.8. The van der Waals surface area contributed by atoms with Crippen LogP contribution in [0.4, 0.5) is 20.2 Å². The van der Waals surface area contributed by atoms with Crippen LogP contribution < -0.4 is 11.1 Å². The van der Waals surface area contributed by atoms with Gasteiger partial charge >= 0.3 is 5.97 Å². The molecule has 0 saturated carbocycles. The minimum atomic E-state index is -0.960. The fourth-order valence-corrected chi connectivity index (χ4v) is 5.24. The van der Waals surface area contributed by atoms with Crippen molar-refractivity contribution in [2.75, 3.05) is 11.1 Å². The van der Waals surface area contributed by atoms with E-state index in [0.717, 1.165) is 5.56 Å². The predicted molar refractivity (Wildman–Crippen MR) is 178 cm³/mol. The largest absolute Gasteiger partial charge is 0.477 e. The Morgan fingerprint density at radius 2 is 1.22 bits per heavy atom. The van der Waals surface area contributed by atoms with Crippen molar-refractivity contribution in [1.82, 2.24) is 9.13 Å². The Bertz CT molecular complexity index is 1770. The summed E-state index contributed by atoms with van der Waals surface area (Å²) in [4.78, 5) is 46.2. The van der Waals surface area contributed by atoms with Gasteiger partial charge in [-0.2, -0.15) is 0 Å². The number of hydrogen-bond acceptors (Lipinski definition) is 5. The maximum Gasteiger partial charge on any atom is 0.352 e. The van der Waals surface area contributed by atoms with Gasteiger partial charge in [-0.1, -0.05) is 22.3 Å². The first-order valence-electron chi connectivity index (χ1n) is 13.5. The Hall–Kier alpha value is -5.06. The van der Waals surface area contributed by atoms with Crippen molar-refractivity contribution in [1.29, 1.82) is 0 Å². The van der Waals surface area contributed by atoms with Crippen LogP contribution in [0.2, 0.25) is 0 Å². The molecule has 46 heavy (non-hydrogen) atoms. The Morgan fingerprint density at radius 3 is 1.67 bits per heavy atom. The molecule has 0 radical (unpaired) electrons. The third kappa shape index (κ3) is 8.15. The van der Waals surface area contributed by atoms with E-state index in [9.17, 15) is 28.0 Å². The van der Waals surface area contributed by atoms with E-state index in [4.69, 9.17) is 10.8 Å². The van der Waals surface area contributed by atoms with Gasteiger partial charge in [0.25, 0.3) is 5.91 Å². The number of halogens is 2. The van der Waals surface area contributed by atoms with E-state index in [0.29, 0.717) is 70.6 Å². The zero-order chi connectivity index (χ0) is 31.6. The van der Waals surface area contributed by atoms with Gasteiger partial charge in [0, 0.05) is 61.8 Å². The first kappa shape index (κ1) is 39.0. The van der Waals surface area contributed by atoms with Crippen molar-refractivity contribution in [3.8, 4) is 0 Å². The first-order valence-corrected chi connectivity index (χ1v) is 13.5. The summed E-state index contributed by atoms with van der Waals surface area (Å²) in [5, 5.41) is 11.6. The molecule has 0 bridgehead atoms. The first-order chi connectivity index (χ1) is 20.3. The van der Waals surface area contributed by atoms with Crippen molar-refractivity contribution in [3.63, 3.8) is 0 Å². The second-order valence-electron chi connectivity index (χ2n) is 10.5. The molecule has 0 saturated heterocycles. The number of anilines is 2. The minimum absolute atomic E-state index is 0. The highest BCUT2D eigenvalue weighted by Crippen LogP contribution is 2.28. The van der Waals surface area contributed by atoms with E-state index in [-0.39, 0.29) is 57.1 Å². The molecule has 4 aromatic rings. The van der Waals surface area contributed by atoms with Crippen molar-refractivity contribution >= 4 is 34.8 Å². The average molecular weight is 639 g/mol. The standard InChI is InChI=1S/C16H15FN2O2.C9H9NO3.C7H8FN.3CH4/c1-9-7-10(3-5-13(9)17)18-16(21)15-11-4-6-14(20)12(11)8-19(15)2;1-10-4-6-5(2-3-7(6)11)8(10)9(12)13;1-5-4-6(9)2-3-7(5)8;;;/h3,5,7-8H,4,6H2,1-2H3,(H,18,21);4H,2-3H2,1H3,(H,12,13);2-4H,9H2,1H3;3*1H4. The summed E-state index contributed by atoms with van der Waals surface area (Å²) in [5.41, 5.74) is 11.0. The molecule has 2 aromatic carbocycles. The third-order valence-electron chi connectivity index (χ3n) is 7.39. The third-order valence-corrected chi connectivity index (χ3v) is 7.39. The van der Waals surface area contributed by atoms with Crippen LogP contribution in [-0.4, -0.2) is 37.7 Å². The lowest BCUT2D eigenvalue weighted by molar-refractivity contribution is 0.0684. The number of nitrogens with zero attached hydrogens (tertiary/aromatic N) is 2. The van der Waals surface area contributed by atoms with E-state index in [1.165, 1.54) is 22.8 Å². The van der Waals surface area contributed by atoms with E-state index in [2.05, 4.69) is 5.32 Å². The quantitative estimate of drug-likeness (QED) is 0.201. The number of Topliss-reactive ketones (excluding diaryl/α,β-unsaturated/α-hetero) is 2. The zero-order valence-corrected chi connectivity index (χ0v) is 24.3. The van der Waals surface area contributed by atoms with Gasteiger partial charge in [0.1, 0.15) is 23.0 Å². The lowest BCUT2D eigenvalue weighted by Crippen LogP contribution is -2.17. The number of carboxylic acids is 1. The molecule has 2 aliphatic carbocycles. The fraction of sp³-hybridized carbons (Fsp3) is 0.314. The molecule has 0 spiro atoms. The number of hydrogen-bond donors (Lipinski definition) is 3. The van der Waals surface area contributed by atoms with Gasteiger partial charge in [-0.25, -0.2) is 13.6 Å². The van der Waals surface area contributed by atoms with Crippen LogP contribution >= 0.6 is 0 Å². The van der Waals surface area contributed by atoms with Crippen LogP contribution in [0, 0.1) is 25.5 Å². The van der Waals surface area contributed by atoms with Gasteiger partial charge in [0.15, 0.2) is 11.6 Å². The summed E-state index contributed by atoms with van der Waals surface area (Å²) >= 11 is 0. The molecule has 0 unspecified atom stereocenters. The lowest BCUT2D eigenvalue weighted by atomic mass is 10.1. The number of rotatable bonds is 3. The molecule has 0 aliphatic heterocycles. The number of benzene rings is 2. The predicted octanol–water partition coefficient (Wildman–Crippen LogP) is 7.33. The highest BCUT2D eigenvalue weighted by molar-refractivity contribution is 6.09. The van der Waals surface area contributed by atoms with E-state index in [1.54, 1.807) is 63.1 Å². The Morgan fingerprint density at radius 1 is 0.761 bits per heavy atom. The van der Waals surface area contributed by atoms with Crippen LogP contribution in [0.1, 0.15) is 99.1 Å². The number of carbonyl (C=O) groups excluding carboxylic acids is 3. The highest BCUT2D eigenvalue weighted by atomic mass is 19.1. The fourth-order valence-electron chi connectivity index (χ4n) is 5.24. The molecule has 4 N–H and O–H groups in total. The van der Waals surface area contributed by atoms with E-state index >= 15 is 0 Å². The van der Waals surface area contributed by atoms with E-state index < -0.39 is 5.97 Å². The van der Waals surface area contributed by atoms with Gasteiger partial charge in [0.05, 0.1) is 0 Å².